The number of imidazole rings is 1. The summed E-state index contributed by atoms with van der Waals surface area (Å²) in [5, 5.41) is 9.03. The number of nitrogens with zero attached hydrogens (tertiary/aromatic N) is 2. The summed E-state index contributed by atoms with van der Waals surface area (Å²) in [6.07, 6.45) is 0. The molecule has 1 N–H and O–H groups in total. The molecule has 0 spiro atoms. The Morgan fingerprint density at radius 3 is 3.00 bits per heavy atom. The van der Waals surface area contributed by atoms with E-state index in [1.54, 1.807) is 0 Å². The van der Waals surface area contributed by atoms with Gasteiger partial charge in [-0.25, -0.2) is 4.98 Å². The molecule has 0 atom stereocenters. The first-order valence-electron chi connectivity index (χ1n) is 5.13. The summed E-state index contributed by atoms with van der Waals surface area (Å²) < 4.78 is 5.39. The van der Waals surface area contributed by atoms with E-state index in [-0.39, 0.29) is 10.8 Å². The molecule has 0 aliphatic rings. The van der Waals surface area contributed by atoms with E-state index in [1.165, 1.54) is 0 Å². The molecular formula is C12H10ClN3O. The molecule has 17 heavy (non-hydrogen) atoms. The van der Waals surface area contributed by atoms with Crippen molar-refractivity contribution in [3.05, 3.63) is 35.1 Å². The molecule has 1 heterocycles. The summed E-state index contributed by atoms with van der Waals surface area (Å²) in [6, 6.07) is 9.37. The summed E-state index contributed by atoms with van der Waals surface area (Å²) in [5.41, 5.74) is 1.03. The predicted molar refractivity (Wildman–Crippen MR) is 64.9 cm³/mol. The Morgan fingerprint density at radius 1 is 1.53 bits per heavy atom. The molecule has 0 aliphatic heterocycles. The van der Waals surface area contributed by atoms with Crippen LogP contribution < -0.4 is 4.74 Å². The van der Waals surface area contributed by atoms with E-state index in [0.717, 1.165) is 11.3 Å². The maximum Gasteiger partial charge on any atom is 0.178 e. The second-order valence-electron chi connectivity index (χ2n) is 3.32. The van der Waals surface area contributed by atoms with Crippen molar-refractivity contribution < 1.29 is 4.74 Å². The number of nitriles is 1. The van der Waals surface area contributed by atoms with Gasteiger partial charge in [-0.2, -0.15) is 5.26 Å². The van der Waals surface area contributed by atoms with Crippen LogP contribution in [0.1, 0.15) is 12.6 Å². The minimum Gasteiger partial charge on any atom is -0.494 e. The summed E-state index contributed by atoms with van der Waals surface area (Å²) in [5.74, 6) is 1.32. The highest BCUT2D eigenvalue weighted by Crippen LogP contribution is 2.24. The van der Waals surface area contributed by atoms with Gasteiger partial charge in [-0.15, -0.1) is 0 Å². The molecule has 2 aromatic rings. The smallest absolute Gasteiger partial charge is 0.178 e. The van der Waals surface area contributed by atoms with Crippen molar-refractivity contribution in [2.45, 2.75) is 6.92 Å². The number of aromatic amines is 1. The Kier molecular flexibility index (Phi) is 3.31. The molecule has 5 heteroatoms. The molecule has 0 bridgehead atoms. The SMILES string of the molecule is CCOc1cccc(-c2nc(C#N)c(Cl)[nH]2)c1. The fourth-order valence-electron chi connectivity index (χ4n) is 1.46. The van der Waals surface area contributed by atoms with Crippen molar-refractivity contribution in [3.8, 4) is 23.2 Å². The van der Waals surface area contributed by atoms with Gasteiger partial charge in [0, 0.05) is 5.56 Å². The van der Waals surface area contributed by atoms with Crippen LogP contribution in [-0.2, 0) is 0 Å². The summed E-state index contributed by atoms with van der Waals surface area (Å²) >= 11 is 5.82. The summed E-state index contributed by atoms with van der Waals surface area (Å²) in [4.78, 5) is 6.95. The Balaban J connectivity index is 2.39. The molecule has 0 saturated heterocycles. The largest absolute Gasteiger partial charge is 0.494 e. The zero-order valence-corrected chi connectivity index (χ0v) is 9.95. The zero-order valence-electron chi connectivity index (χ0n) is 9.20. The lowest BCUT2D eigenvalue weighted by Gasteiger charge is -2.03. The minimum atomic E-state index is 0.198. The van der Waals surface area contributed by atoms with E-state index < -0.39 is 0 Å². The van der Waals surface area contributed by atoms with Gasteiger partial charge in [0.2, 0.25) is 0 Å². The van der Waals surface area contributed by atoms with Gasteiger partial charge in [-0.05, 0) is 19.1 Å². The number of nitrogens with one attached hydrogen (secondary N) is 1. The van der Waals surface area contributed by atoms with Gasteiger partial charge in [-0.3, -0.25) is 0 Å². The maximum absolute atomic E-state index is 8.78. The fourth-order valence-corrected chi connectivity index (χ4v) is 1.64. The minimum absolute atomic E-state index is 0.198. The van der Waals surface area contributed by atoms with Gasteiger partial charge in [0.05, 0.1) is 6.61 Å². The van der Waals surface area contributed by atoms with Crippen LogP contribution in [0.2, 0.25) is 5.15 Å². The first-order chi connectivity index (χ1) is 8.24. The lowest BCUT2D eigenvalue weighted by molar-refractivity contribution is 0.340. The molecule has 2 rings (SSSR count). The number of aromatic nitrogens is 2. The van der Waals surface area contributed by atoms with E-state index in [0.29, 0.717) is 12.4 Å². The average Bonchev–Trinajstić information content (AvgIpc) is 2.71. The Morgan fingerprint density at radius 2 is 2.35 bits per heavy atom. The fraction of sp³-hybridized carbons (Fsp3) is 0.167. The molecular weight excluding hydrogens is 238 g/mol. The highest BCUT2D eigenvalue weighted by atomic mass is 35.5. The first kappa shape index (κ1) is 11.5. The van der Waals surface area contributed by atoms with Crippen LogP contribution in [0, 0.1) is 11.3 Å². The van der Waals surface area contributed by atoms with Crippen LogP contribution in [0.5, 0.6) is 5.75 Å². The van der Waals surface area contributed by atoms with E-state index in [1.807, 2.05) is 37.3 Å². The van der Waals surface area contributed by atoms with E-state index in [2.05, 4.69) is 9.97 Å². The third kappa shape index (κ3) is 2.40. The molecule has 1 aromatic carbocycles. The lowest BCUT2D eigenvalue weighted by Crippen LogP contribution is -1.91. The first-order valence-corrected chi connectivity index (χ1v) is 5.51. The van der Waals surface area contributed by atoms with Gasteiger partial charge in [0.25, 0.3) is 0 Å². The molecule has 0 amide bonds. The highest BCUT2D eigenvalue weighted by Gasteiger charge is 2.09. The second kappa shape index (κ2) is 4.89. The van der Waals surface area contributed by atoms with Crippen molar-refractivity contribution in [2.75, 3.05) is 6.61 Å². The Labute approximate surface area is 104 Å². The number of halogens is 1. The second-order valence-corrected chi connectivity index (χ2v) is 3.70. The molecule has 86 valence electrons. The highest BCUT2D eigenvalue weighted by molar-refractivity contribution is 6.30. The van der Waals surface area contributed by atoms with Crippen molar-refractivity contribution in [3.63, 3.8) is 0 Å². The third-order valence-corrected chi connectivity index (χ3v) is 2.46. The van der Waals surface area contributed by atoms with Crippen LogP contribution in [-0.4, -0.2) is 16.6 Å². The van der Waals surface area contributed by atoms with Crippen LogP contribution in [0.25, 0.3) is 11.4 Å². The third-order valence-electron chi connectivity index (χ3n) is 2.18. The van der Waals surface area contributed by atoms with Crippen molar-refractivity contribution in [1.29, 1.82) is 5.26 Å². The molecule has 1 aromatic heterocycles. The van der Waals surface area contributed by atoms with E-state index >= 15 is 0 Å². The zero-order chi connectivity index (χ0) is 12.3. The lowest BCUT2D eigenvalue weighted by atomic mass is 10.2. The van der Waals surface area contributed by atoms with Crippen molar-refractivity contribution in [2.24, 2.45) is 0 Å². The monoisotopic (exact) mass is 247 g/mol. The number of benzene rings is 1. The summed E-state index contributed by atoms with van der Waals surface area (Å²) in [7, 11) is 0. The molecule has 0 unspecified atom stereocenters. The van der Waals surface area contributed by atoms with Crippen LogP contribution in [0.4, 0.5) is 0 Å². The van der Waals surface area contributed by atoms with E-state index in [4.69, 9.17) is 21.6 Å². The normalized spacial score (nSPS) is 9.94. The number of hydrogen-bond acceptors (Lipinski definition) is 3. The van der Waals surface area contributed by atoms with Crippen molar-refractivity contribution in [1.82, 2.24) is 9.97 Å². The van der Waals surface area contributed by atoms with Crippen LogP contribution in [0.3, 0.4) is 0 Å². The van der Waals surface area contributed by atoms with Gasteiger partial charge in [0.1, 0.15) is 22.8 Å². The number of hydrogen-bond donors (Lipinski definition) is 1. The van der Waals surface area contributed by atoms with Gasteiger partial charge >= 0.3 is 0 Å². The molecule has 0 radical (unpaired) electrons. The number of ether oxygens (including phenoxy) is 1. The maximum atomic E-state index is 8.78. The Hall–Kier alpha value is -1.99. The Bertz CT molecular complexity index is 571. The van der Waals surface area contributed by atoms with Crippen molar-refractivity contribution >= 4 is 11.6 Å². The predicted octanol–water partition coefficient (Wildman–Crippen LogP) is 3.00. The number of rotatable bonds is 3. The molecule has 4 nitrogen and oxygen atoms in total. The topological polar surface area (TPSA) is 61.7 Å². The van der Waals surface area contributed by atoms with Crippen LogP contribution >= 0.6 is 11.6 Å². The number of H-pyrrole nitrogens is 1. The summed E-state index contributed by atoms with van der Waals surface area (Å²) in [6.45, 7) is 2.52. The van der Waals surface area contributed by atoms with Crippen LogP contribution in [0.15, 0.2) is 24.3 Å². The molecule has 0 saturated carbocycles. The van der Waals surface area contributed by atoms with Gasteiger partial charge in [-0.1, -0.05) is 23.7 Å². The quantitative estimate of drug-likeness (QED) is 0.907. The van der Waals surface area contributed by atoms with Gasteiger partial charge < -0.3 is 9.72 Å². The van der Waals surface area contributed by atoms with Gasteiger partial charge in [0.15, 0.2) is 5.69 Å². The van der Waals surface area contributed by atoms with E-state index in [9.17, 15) is 0 Å². The molecule has 0 fully saturated rings. The molecule has 0 aliphatic carbocycles. The standard InChI is InChI=1S/C12H10ClN3O/c1-2-17-9-5-3-4-8(6-9)12-15-10(7-14)11(13)16-12/h3-6H,2H2,1H3,(H,15,16). The average molecular weight is 248 g/mol.